The van der Waals surface area contributed by atoms with Gasteiger partial charge in [-0.05, 0) is 36.3 Å². The van der Waals surface area contributed by atoms with E-state index in [2.05, 4.69) is 21.8 Å². The molecule has 0 saturated carbocycles. The van der Waals surface area contributed by atoms with Gasteiger partial charge >= 0.3 is 5.97 Å². The second-order valence-electron chi connectivity index (χ2n) is 7.64. The van der Waals surface area contributed by atoms with Crippen molar-refractivity contribution in [3.63, 3.8) is 0 Å². The Morgan fingerprint density at radius 3 is 2.81 bits per heavy atom. The number of hydrogen-bond acceptors (Lipinski definition) is 4. The van der Waals surface area contributed by atoms with E-state index in [-0.39, 0.29) is 5.91 Å². The lowest BCUT2D eigenvalue weighted by molar-refractivity contribution is -0.110. The lowest BCUT2D eigenvalue weighted by Crippen LogP contribution is -2.09. The zero-order valence-electron chi connectivity index (χ0n) is 18.0. The monoisotopic (exact) mass is 449 g/mol. The van der Waals surface area contributed by atoms with E-state index in [1.54, 1.807) is 18.3 Å². The maximum Gasteiger partial charge on any atom is 0.337 e. The number of imidazole rings is 1. The number of hydrogen-bond donors (Lipinski definition) is 1. The molecule has 0 fully saturated rings. The maximum absolute atomic E-state index is 12.6. The summed E-state index contributed by atoms with van der Waals surface area (Å²) in [6.45, 7) is 2.61. The molecule has 0 bridgehead atoms. The zero-order valence-corrected chi connectivity index (χ0v) is 18.8. The van der Waals surface area contributed by atoms with Crippen LogP contribution in [-0.4, -0.2) is 28.5 Å². The lowest BCUT2D eigenvalue weighted by atomic mass is 10.1. The molecule has 1 N–H and O–H groups in total. The number of rotatable bonds is 7. The Hall–Kier alpha value is -3.38. The van der Waals surface area contributed by atoms with Crippen LogP contribution in [0.5, 0.6) is 0 Å². The number of amides is 1. The summed E-state index contributed by atoms with van der Waals surface area (Å²) in [6.07, 6.45) is 6.54. The molecule has 1 aliphatic heterocycles. The molecule has 164 valence electrons. The number of para-hydroxylation sites is 1. The number of unbranched alkanes of at least 4 members (excludes halogenated alkanes) is 1. The van der Waals surface area contributed by atoms with E-state index in [4.69, 9.17) is 16.3 Å². The van der Waals surface area contributed by atoms with Crippen molar-refractivity contribution < 1.29 is 14.3 Å². The fraction of sp³-hybridized carbons (Fsp3) is 0.240. The second kappa shape index (κ2) is 9.40. The van der Waals surface area contributed by atoms with Gasteiger partial charge in [0, 0.05) is 22.7 Å². The van der Waals surface area contributed by atoms with Gasteiger partial charge in [-0.3, -0.25) is 4.79 Å². The molecule has 0 unspecified atom stereocenters. The van der Waals surface area contributed by atoms with Crippen LogP contribution in [-0.2, 0) is 22.5 Å². The van der Waals surface area contributed by atoms with Crippen molar-refractivity contribution in [2.75, 3.05) is 12.4 Å². The van der Waals surface area contributed by atoms with Gasteiger partial charge < -0.3 is 14.6 Å². The molecule has 1 aliphatic rings. The van der Waals surface area contributed by atoms with Gasteiger partial charge in [0.25, 0.3) is 5.91 Å². The van der Waals surface area contributed by atoms with Gasteiger partial charge in [-0.1, -0.05) is 49.2 Å². The molecule has 2 aromatic carbocycles. The smallest absolute Gasteiger partial charge is 0.337 e. The minimum absolute atomic E-state index is 0.130. The molecule has 2 heterocycles. The van der Waals surface area contributed by atoms with Gasteiger partial charge in [0.05, 0.1) is 36.7 Å². The van der Waals surface area contributed by atoms with E-state index in [9.17, 15) is 9.59 Å². The number of aryl methyl sites for hydroxylation is 1. The summed E-state index contributed by atoms with van der Waals surface area (Å²) in [5.41, 5.74) is 4.37. The molecule has 3 aromatic rings. The van der Waals surface area contributed by atoms with Gasteiger partial charge in [0.1, 0.15) is 5.82 Å². The topological polar surface area (TPSA) is 73.2 Å². The van der Waals surface area contributed by atoms with Crippen LogP contribution in [0.15, 0.2) is 48.7 Å². The minimum Gasteiger partial charge on any atom is -0.465 e. The van der Waals surface area contributed by atoms with Crippen LogP contribution in [0.4, 0.5) is 5.69 Å². The van der Waals surface area contributed by atoms with E-state index in [0.29, 0.717) is 22.7 Å². The third-order valence-corrected chi connectivity index (χ3v) is 5.88. The predicted molar refractivity (Wildman–Crippen MR) is 126 cm³/mol. The van der Waals surface area contributed by atoms with Crippen molar-refractivity contribution in [1.29, 1.82) is 0 Å². The first-order valence-electron chi connectivity index (χ1n) is 10.6. The predicted octanol–water partition coefficient (Wildman–Crippen LogP) is 5.21. The van der Waals surface area contributed by atoms with Gasteiger partial charge in [0.15, 0.2) is 0 Å². The Balaban J connectivity index is 1.73. The summed E-state index contributed by atoms with van der Waals surface area (Å²) in [5, 5.41) is 3.39. The number of nitrogens with one attached hydrogen (secondary N) is 1. The standard InChI is InChI=1S/C25H24ClN3O3/c1-3-4-9-23-27-14-18(13-20-19-7-5-6-8-22(19)28-24(20)30)29(23)15-17-11-10-16(12-21(17)26)25(31)32-2/h5-8,10-14H,3-4,9,15H2,1-2H3,(H,28,30)/b20-13-. The van der Waals surface area contributed by atoms with E-state index >= 15 is 0 Å². The SMILES string of the molecule is CCCCc1ncc(/C=C2\C(=O)Nc3ccccc32)n1Cc1ccc(C(=O)OC)cc1Cl. The highest BCUT2D eigenvalue weighted by Crippen LogP contribution is 2.33. The fourth-order valence-corrected chi connectivity index (χ4v) is 4.02. The molecular weight excluding hydrogens is 426 g/mol. The Morgan fingerprint density at radius 1 is 1.25 bits per heavy atom. The van der Waals surface area contributed by atoms with Crippen LogP contribution in [0, 0.1) is 0 Å². The van der Waals surface area contributed by atoms with Gasteiger partial charge in [-0.25, -0.2) is 9.78 Å². The maximum atomic E-state index is 12.6. The van der Waals surface area contributed by atoms with Gasteiger partial charge in [-0.15, -0.1) is 0 Å². The fourth-order valence-electron chi connectivity index (χ4n) is 3.78. The van der Waals surface area contributed by atoms with Crippen LogP contribution in [0.3, 0.4) is 0 Å². The van der Waals surface area contributed by atoms with Crippen LogP contribution < -0.4 is 5.32 Å². The van der Waals surface area contributed by atoms with Crippen molar-refractivity contribution >= 4 is 40.8 Å². The van der Waals surface area contributed by atoms with E-state index in [1.807, 2.05) is 36.4 Å². The number of esters is 1. The molecule has 32 heavy (non-hydrogen) atoms. The number of ether oxygens (including phenoxy) is 1. The number of nitrogens with zero attached hydrogens (tertiary/aromatic N) is 2. The van der Waals surface area contributed by atoms with E-state index in [1.165, 1.54) is 7.11 Å². The highest BCUT2D eigenvalue weighted by atomic mass is 35.5. The number of benzene rings is 2. The lowest BCUT2D eigenvalue weighted by Gasteiger charge is -2.13. The summed E-state index contributed by atoms with van der Waals surface area (Å²) >= 11 is 6.50. The number of anilines is 1. The van der Waals surface area contributed by atoms with Gasteiger partial charge in [-0.2, -0.15) is 0 Å². The first-order valence-corrected chi connectivity index (χ1v) is 10.9. The molecule has 0 atom stereocenters. The molecule has 0 aliphatic carbocycles. The van der Waals surface area contributed by atoms with Crippen LogP contribution >= 0.6 is 11.6 Å². The summed E-state index contributed by atoms with van der Waals surface area (Å²) in [7, 11) is 1.34. The Morgan fingerprint density at radius 2 is 2.06 bits per heavy atom. The van der Waals surface area contributed by atoms with Crippen molar-refractivity contribution in [3.8, 4) is 0 Å². The van der Waals surface area contributed by atoms with Crippen LogP contribution in [0.1, 0.15) is 52.8 Å². The Labute approximate surface area is 191 Å². The zero-order chi connectivity index (χ0) is 22.7. The van der Waals surface area contributed by atoms with Crippen molar-refractivity contribution in [3.05, 3.63) is 81.9 Å². The van der Waals surface area contributed by atoms with Gasteiger partial charge in [0.2, 0.25) is 0 Å². The summed E-state index contributed by atoms with van der Waals surface area (Å²) in [5.74, 6) is 0.370. The molecule has 0 saturated heterocycles. The highest BCUT2D eigenvalue weighted by molar-refractivity contribution is 6.34. The quantitative estimate of drug-likeness (QED) is 0.397. The summed E-state index contributed by atoms with van der Waals surface area (Å²) in [6, 6.07) is 12.8. The molecule has 1 aromatic heterocycles. The molecule has 0 spiro atoms. The first-order chi connectivity index (χ1) is 15.5. The van der Waals surface area contributed by atoms with Crippen molar-refractivity contribution in [1.82, 2.24) is 9.55 Å². The molecule has 7 heteroatoms. The highest BCUT2D eigenvalue weighted by Gasteiger charge is 2.24. The van der Waals surface area contributed by atoms with E-state index < -0.39 is 5.97 Å². The Bertz CT molecular complexity index is 1210. The Kier molecular flexibility index (Phi) is 6.42. The molecule has 4 rings (SSSR count). The van der Waals surface area contributed by atoms with Crippen molar-refractivity contribution in [2.24, 2.45) is 0 Å². The van der Waals surface area contributed by atoms with Crippen LogP contribution in [0.25, 0.3) is 11.6 Å². The number of carbonyl (C=O) groups is 2. The normalized spacial score (nSPS) is 13.8. The molecule has 1 amide bonds. The van der Waals surface area contributed by atoms with Crippen molar-refractivity contribution in [2.45, 2.75) is 32.7 Å². The van der Waals surface area contributed by atoms with Crippen LogP contribution in [0.2, 0.25) is 5.02 Å². The average molecular weight is 450 g/mol. The number of halogens is 1. The number of carbonyl (C=O) groups excluding carboxylic acids is 2. The first kappa shape index (κ1) is 21.8. The average Bonchev–Trinajstić information content (AvgIpc) is 3.33. The molecule has 6 nitrogen and oxygen atoms in total. The van der Waals surface area contributed by atoms with E-state index in [0.717, 1.165) is 47.6 Å². The minimum atomic E-state index is -0.430. The summed E-state index contributed by atoms with van der Waals surface area (Å²) < 4.78 is 6.85. The number of methoxy groups -OCH3 is 1. The third kappa shape index (κ3) is 4.32. The third-order valence-electron chi connectivity index (χ3n) is 5.53. The summed E-state index contributed by atoms with van der Waals surface area (Å²) in [4.78, 5) is 29.0. The second-order valence-corrected chi connectivity index (χ2v) is 8.05. The number of aromatic nitrogens is 2. The largest absolute Gasteiger partial charge is 0.465 e. The molecule has 0 radical (unpaired) electrons. The molecular formula is C25H24ClN3O3. The number of fused-ring (bicyclic) bond motifs is 1.